The number of carbonyl (C=O) groups excluding carboxylic acids is 2. The molecule has 2 aromatic carbocycles. The van der Waals surface area contributed by atoms with Crippen LogP contribution in [-0.2, 0) is 4.79 Å². The van der Waals surface area contributed by atoms with E-state index in [1.54, 1.807) is 13.3 Å². The minimum absolute atomic E-state index is 0.0141. The first kappa shape index (κ1) is 26.3. The number of nitrogens with one attached hydrogen (secondary N) is 2. The van der Waals surface area contributed by atoms with Crippen LogP contribution in [0.3, 0.4) is 0 Å². The Bertz CT molecular complexity index is 1260. The number of fused-ring (bicyclic) bond motifs is 2. The van der Waals surface area contributed by atoms with Gasteiger partial charge in [-0.2, -0.15) is 0 Å². The zero-order valence-electron chi connectivity index (χ0n) is 23.1. The molecule has 202 valence electrons. The first-order valence-electron chi connectivity index (χ1n) is 13.8. The predicted molar refractivity (Wildman–Crippen MR) is 150 cm³/mol. The molecule has 7 heteroatoms. The number of carbonyl (C=O) groups is 2. The van der Waals surface area contributed by atoms with Crippen molar-refractivity contribution in [3.8, 4) is 5.75 Å². The molecule has 1 aliphatic carbocycles. The fraction of sp³-hybridized carbons (Fsp3) is 0.484. The zero-order chi connectivity index (χ0) is 27.0. The van der Waals surface area contributed by atoms with E-state index in [2.05, 4.69) is 55.0 Å². The Labute approximate surface area is 225 Å². The van der Waals surface area contributed by atoms with Gasteiger partial charge in [-0.05, 0) is 29.5 Å². The molecule has 5 rings (SSSR count). The highest BCUT2D eigenvalue weighted by molar-refractivity contribution is 6.09. The molecule has 1 saturated heterocycles. The number of methoxy groups -OCH3 is 1. The van der Waals surface area contributed by atoms with Crippen LogP contribution in [0.25, 0.3) is 10.9 Å². The molecular weight excluding hydrogens is 476 g/mol. The molecule has 3 aromatic rings. The lowest BCUT2D eigenvalue weighted by Crippen LogP contribution is -2.46. The van der Waals surface area contributed by atoms with Crippen LogP contribution >= 0.6 is 0 Å². The van der Waals surface area contributed by atoms with E-state index in [9.17, 15) is 9.59 Å². The molecule has 0 radical (unpaired) electrons. The number of hydrogen-bond donors (Lipinski definition) is 2. The monoisotopic (exact) mass is 516 g/mol. The zero-order valence-corrected chi connectivity index (χ0v) is 23.1. The molecule has 1 saturated carbocycles. The standard InChI is InChI=1S/C31H40N4O3/c1-19(2)15-34(16-20(3)4)29(21-10-7-6-8-11-21)30(36)33-28-23-17-35(18-24(23)28)31(37)22-14-32-25-12-9-13-26(38-5)27(22)25/h6-14,19-20,23-24,28-29,32H,15-18H2,1-5H3,(H,33,36)/t23-,24+,28?,29?. The Morgan fingerprint density at radius 3 is 2.26 bits per heavy atom. The lowest BCUT2D eigenvalue weighted by Gasteiger charge is -2.34. The number of rotatable bonds is 10. The van der Waals surface area contributed by atoms with Crippen molar-refractivity contribution >= 4 is 22.7 Å². The Hall–Kier alpha value is -3.32. The topological polar surface area (TPSA) is 77.7 Å². The van der Waals surface area contributed by atoms with E-state index in [4.69, 9.17) is 4.74 Å². The second-order valence-electron chi connectivity index (χ2n) is 11.7. The van der Waals surface area contributed by atoms with Crippen molar-refractivity contribution in [3.05, 3.63) is 65.9 Å². The number of hydrogen-bond acceptors (Lipinski definition) is 4. The maximum Gasteiger partial charge on any atom is 0.256 e. The maximum atomic E-state index is 13.8. The van der Waals surface area contributed by atoms with E-state index in [-0.39, 0.29) is 23.9 Å². The summed E-state index contributed by atoms with van der Waals surface area (Å²) < 4.78 is 5.51. The van der Waals surface area contributed by atoms with Gasteiger partial charge < -0.3 is 19.9 Å². The third-order valence-corrected chi connectivity index (χ3v) is 7.84. The molecule has 2 unspecified atom stereocenters. The van der Waals surface area contributed by atoms with E-state index in [0.29, 0.717) is 48.1 Å². The molecule has 7 nitrogen and oxygen atoms in total. The van der Waals surface area contributed by atoms with Gasteiger partial charge >= 0.3 is 0 Å². The predicted octanol–water partition coefficient (Wildman–Crippen LogP) is 4.72. The third-order valence-electron chi connectivity index (χ3n) is 7.84. The first-order chi connectivity index (χ1) is 18.3. The average molecular weight is 517 g/mol. The minimum Gasteiger partial charge on any atom is -0.496 e. The summed E-state index contributed by atoms with van der Waals surface area (Å²) in [5, 5.41) is 4.20. The number of ether oxygens (including phenoxy) is 1. The molecular formula is C31H40N4O3. The molecule has 4 atom stereocenters. The summed E-state index contributed by atoms with van der Waals surface area (Å²) >= 11 is 0. The summed E-state index contributed by atoms with van der Waals surface area (Å²) in [5.41, 5.74) is 2.56. The number of benzene rings is 2. The Morgan fingerprint density at radius 2 is 1.66 bits per heavy atom. The van der Waals surface area contributed by atoms with Gasteiger partial charge in [0.25, 0.3) is 5.91 Å². The highest BCUT2D eigenvalue weighted by Gasteiger charge is 2.58. The fourth-order valence-corrected chi connectivity index (χ4v) is 6.20. The molecule has 2 aliphatic rings. The number of nitrogens with zero attached hydrogens (tertiary/aromatic N) is 2. The van der Waals surface area contributed by atoms with E-state index < -0.39 is 0 Å². The third kappa shape index (κ3) is 5.17. The number of aromatic nitrogens is 1. The molecule has 1 aliphatic heterocycles. The van der Waals surface area contributed by atoms with Gasteiger partial charge in [0.2, 0.25) is 5.91 Å². The fourth-order valence-electron chi connectivity index (χ4n) is 6.20. The first-order valence-corrected chi connectivity index (χ1v) is 13.8. The molecule has 1 aromatic heterocycles. The number of likely N-dealkylation sites (tertiary alicyclic amines) is 1. The van der Waals surface area contributed by atoms with Crippen LogP contribution in [0.2, 0.25) is 0 Å². The molecule has 2 N–H and O–H groups in total. The van der Waals surface area contributed by atoms with Crippen molar-refractivity contribution in [1.82, 2.24) is 20.1 Å². The van der Waals surface area contributed by atoms with E-state index in [1.165, 1.54) is 0 Å². The highest BCUT2D eigenvalue weighted by atomic mass is 16.5. The summed E-state index contributed by atoms with van der Waals surface area (Å²) in [6, 6.07) is 15.7. The molecule has 2 fully saturated rings. The van der Waals surface area contributed by atoms with Crippen LogP contribution < -0.4 is 10.1 Å². The quantitative estimate of drug-likeness (QED) is 0.409. The highest BCUT2D eigenvalue weighted by Crippen LogP contribution is 2.46. The molecule has 2 amide bonds. The van der Waals surface area contributed by atoms with Crippen molar-refractivity contribution in [2.24, 2.45) is 23.7 Å². The van der Waals surface area contributed by atoms with Crippen molar-refractivity contribution in [2.45, 2.75) is 39.8 Å². The summed E-state index contributed by atoms with van der Waals surface area (Å²) in [6.45, 7) is 11.8. The van der Waals surface area contributed by atoms with Crippen LogP contribution in [0.5, 0.6) is 5.75 Å². The van der Waals surface area contributed by atoms with Gasteiger partial charge in [-0.15, -0.1) is 0 Å². The van der Waals surface area contributed by atoms with Crippen molar-refractivity contribution in [2.75, 3.05) is 33.3 Å². The lowest BCUT2D eigenvalue weighted by atomic mass is 10.0. The SMILES string of the molecule is COc1cccc2[nH]cc(C(=O)N3C[C@@H]4C(NC(=O)C(c5ccccc5)N(CC(C)C)CC(C)C)[C@@H]4C3)c12. The maximum absolute atomic E-state index is 13.8. The van der Waals surface area contributed by atoms with Gasteiger partial charge in [0.05, 0.1) is 18.1 Å². The average Bonchev–Trinajstić information content (AvgIpc) is 3.23. The molecule has 2 heterocycles. The van der Waals surface area contributed by atoms with Crippen molar-refractivity contribution < 1.29 is 14.3 Å². The van der Waals surface area contributed by atoms with E-state index in [0.717, 1.165) is 29.6 Å². The molecule has 0 spiro atoms. The second-order valence-corrected chi connectivity index (χ2v) is 11.7. The number of aromatic amines is 1. The normalized spacial score (nSPS) is 21.3. The summed E-state index contributed by atoms with van der Waals surface area (Å²) in [4.78, 5) is 34.7. The van der Waals surface area contributed by atoms with Crippen LogP contribution in [0, 0.1) is 23.7 Å². The van der Waals surface area contributed by atoms with Gasteiger partial charge in [-0.3, -0.25) is 14.5 Å². The molecule has 38 heavy (non-hydrogen) atoms. The van der Waals surface area contributed by atoms with Gasteiger partial charge in [0.1, 0.15) is 11.8 Å². The minimum atomic E-state index is -0.321. The smallest absolute Gasteiger partial charge is 0.256 e. The van der Waals surface area contributed by atoms with Crippen LogP contribution in [0.1, 0.15) is 49.7 Å². The van der Waals surface area contributed by atoms with E-state index >= 15 is 0 Å². The second kappa shape index (κ2) is 10.8. The van der Waals surface area contributed by atoms with Crippen LogP contribution in [0.15, 0.2) is 54.7 Å². The number of H-pyrrole nitrogens is 1. The van der Waals surface area contributed by atoms with Gasteiger partial charge in [0.15, 0.2) is 0 Å². The van der Waals surface area contributed by atoms with Crippen LogP contribution in [-0.4, -0.2) is 65.9 Å². The Balaban J connectivity index is 1.27. The Kier molecular flexibility index (Phi) is 7.48. The van der Waals surface area contributed by atoms with Gasteiger partial charge in [0, 0.05) is 55.8 Å². The number of amides is 2. The van der Waals surface area contributed by atoms with E-state index in [1.807, 2.05) is 41.3 Å². The summed E-state index contributed by atoms with van der Waals surface area (Å²) in [6.07, 6.45) is 1.78. The lowest BCUT2D eigenvalue weighted by molar-refractivity contribution is -0.127. The van der Waals surface area contributed by atoms with Gasteiger partial charge in [-0.25, -0.2) is 0 Å². The van der Waals surface area contributed by atoms with Gasteiger partial charge in [-0.1, -0.05) is 64.1 Å². The van der Waals surface area contributed by atoms with Crippen molar-refractivity contribution in [1.29, 1.82) is 0 Å². The largest absolute Gasteiger partial charge is 0.496 e. The summed E-state index contributed by atoms with van der Waals surface area (Å²) in [7, 11) is 1.63. The van der Waals surface area contributed by atoms with Crippen LogP contribution in [0.4, 0.5) is 0 Å². The number of piperidine rings is 1. The summed E-state index contributed by atoms with van der Waals surface area (Å²) in [5.74, 6) is 2.29. The van der Waals surface area contributed by atoms with Crippen molar-refractivity contribution in [3.63, 3.8) is 0 Å². The Morgan fingerprint density at radius 1 is 1.00 bits per heavy atom. The molecule has 0 bridgehead atoms.